The molecule has 2 saturated heterocycles. The standard InChI is InChI=1S/C28H33N3O3/c32-28(31-13-9-21(10-14-31)24-6-8-26-27(17-24)34-19-33-26)29-25-7-5-22-15-20(3-4-23(22)16-25)18-30-11-1-2-12-30/h5-8,15-17,21H,1-4,9-14,18-19H2,(H,29,32). The third-order valence-electron chi connectivity index (χ3n) is 7.74. The van der Waals surface area contributed by atoms with Crippen molar-refractivity contribution in [3.05, 3.63) is 58.7 Å². The Balaban J connectivity index is 1.04. The van der Waals surface area contributed by atoms with E-state index in [4.69, 9.17) is 9.47 Å². The molecule has 2 aromatic carbocycles. The van der Waals surface area contributed by atoms with E-state index < -0.39 is 0 Å². The Morgan fingerprint density at radius 1 is 0.941 bits per heavy atom. The van der Waals surface area contributed by atoms with Crippen LogP contribution in [-0.2, 0) is 6.42 Å². The highest BCUT2D eigenvalue weighted by atomic mass is 16.7. The molecule has 0 radical (unpaired) electrons. The normalized spacial score (nSPS) is 20.2. The Labute approximate surface area is 201 Å². The number of nitrogens with one attached hydrogen (secondary N) is 1. The van der Waals surface area contributed by atoms with Crippen LogP contribution in [-0.4, -0.2) is 55.3 Å². The van der Waals surface area contributed by atoms with Gasteiger partial charge in [-0.15, -0.1) is 0 Å². The number of anilines is 1. The number of hydrogen-bond acceptors (Lipinski definition) is 4. The number of carbonyl (C=O) groups excluding carboxylic acids is 1. The van der Waals surface area contributed by atoms with Crippen LogP contribution in [0.1, 0.15) is 54.7 Å². The van der Waals surface area contributed by atoms with Gasteiger partial charge in [0.05, 0.1) is 0 Å². The molecule has 6 heteroatoms. The van der Waals surface area contributed by atoms with Crippen LogP contribution in [0, 0.1) is 0 Å². The van der Waals surface area contributed by atoms with Crippen molar-refractivity contribution in [3.63, 3.8) is 0 Å². The van der Waals surface area contributed by atoms with Crippen LogP contribution in [0.4, 0.5) is 10.5 Å². The second kappa shape index (κ2) is 9.34. The van der Waals surface area contributed by atoms with Crippen LogP contribution >= 0.6 is 0 Å². The minimum absolute atomic E-state index is 0.00478. The topological polar surface area (TPSA) is 54.0 Å². The van der Waals surface area contributed by atoms with Gasteiger partial charge in [-0.1, -0.05) is 23.8 Å². The monoisotopic (exact) mass is 459 g/mol. The van der Waals surface area contributed by atoms with E-state index in [1.54, 1.807) is 0 Å². The molecule has 34 heavy (non-hydrogen) atoms. The average Bonchev–Trinajstić information content (AvgIpc) is 3.56. The van der Waals surface area contributed by atoms with Gasteiger partial charge >= 0.3 is 6.03 Å². The molecule has 3 heterocycles. The van der Waals surface area contributed by atoms with Gasteiger partial charge in [-0.05, 0) is 98.5 Å². The number of carbonyl (C=O) groups is 1. The van der Waals surface area contributed by atoms with Crippen LogP contribution in [0.15, 0.2) is 42.0 Å². The minimum Gasteiger partial charge on any atom is -0.454 e. The zero-order chi connectivity index (χ0) is 22.9. The van der Waals surface area contributed by atoms with Crippen molar-refractivity contribution in [1.29, 1.82) is 0 Å². The van der Waals surface area contributed by atoms with Crippen molar-refractivity contribution in [3.8, 4) is 11.5 Å². The number of ether oxygens (including phenoxy) is 2. The fraction of sp³-hybridized carbons (Fsp3) is 0.464. The lowest BCUT2D eigenvalue weighted by Gasteiger charge is -2.32. The summed E-state index contributed by atoms with van der Waals surface area (Å²) in [4.78, 5) is 17.5. The van der Waals surface area contributed by atoms with Crippen molar-refractivity contribution in [2.75, 3.05) is 44.8 Å². The van der Waals surface area contributed by atoms with Gasteiger partial charge in [-0.3, -0.25) is 4.90 Å². The summed E-state index contributed by atoms with van der Waals surface area (Å²) in [6.07, 6.45) is 9.13. The zero-order valence-electron chi connectivity index (χ0n) is 19.7. The fourth-order valence-electron chi connectivity index (χ4n) is 5.77. The summed E-state index contributed by atoms with van der Waals surface area (Å²) in [5.74, 6) is 2.11. The van der Waals surface area contributed by atoms with Crippen LogP contribution in [0.5, 0.6) is 11.5 Å². The van der Waals surface area contributed by atoms with Crippen molar-refractivity contribution < 1.29 is 14.3 Å². The maximum atomic E-state index is 12.9. The Bertz CT molecular complexity index is 1100. The SMILES string of the molecule is O=C(Nc1ccc2c(c1)CCC(CN1CCCC1)=C2)N1CCC(c2ccc3c(c2)OCO3)CC1. The van der Waals surface area contributed by atoms with E-state index in [-0.39, 0.29) is 6.03 Å². The molecule has 0 aromatic heterocycles. The first-order chi connectivity index (χ1) is 16.7. The van der Waals surface area contributed by atoms with Crippen molar-refractivity contribution in [2.24, 2.45) is 0 Å². The predicted molar refractivity (Wildman–Crippen MR) is 134 cm³/mol. The number of urea groups is 1. The number of piperidine rings is 1. The number of fused-ring (bicyclic) bond motifs is 2. The summed E-state index contributed by atoms with van der Waals surface area (Å²) in [6.45, 7) is 5.42. The zero-order valence-corrected chi connectivity index (χ0v) is 19.7. The number of nitrogens with zero attached hydrogens (tertiary/aromatic N) is 2. The van der Waals surface area contributed by atoms with Crippen LogP contribution in [0.2, 0.25) is 0 Å². The van der Waals surface area contributed by atoms with Crippen molar-refractivity contribution in [1.82, 2.24) is 9.80 Å². The van der Waals surface area contributed by atoms with Gasteiger partial charge < -0.3 is 19.7 Å². The highest BCUT2D eigenvalue weighted by Crippen LogP contribution is 2.37. The number of aryl methyl sites for hydroxylation is 1. The average molecular weight is 460 g/mol. The van der Waals surface area contributed by atoms with Crippen LogP contribution < -0.4 is 14.8 Å². The second-order valence-corrected chi connectivity index (χ2v) is 10.0. The van der Waals surface area contributed by atoms with E-state index in [1.807, 2.05) is 17.0 Å². The molecule has 2 aromatic rings. The molecule has 0 atom stereocenters. The first-order valence-corrected chi connectivity index (χ1v) is 12.7. The lowest BCUT2D eigenvalue weighted by atomic mass is 9.89. The summed E-state index contributed by atoms with van der Waals surface area (Å²) in [7, 11) is 0. The van der Waals surface area contributed by atoms with E-state index in [9.17, 15) is 4.79 Å². The second-order valence-electron chi connectivity index (χ2n) is 10.0. The molecule has 0 spiro atoms. The molecule has 3 aliphatic heterocycles. The summed E-state index contributed by atoms with van der Waals surface area (Å²) in [5.41, 5.74) is 6.36. The Morgan fingerprint density at radius 3 is 2.62 bits per heavy atom. The van der Waals surface area contributed by atoms with Gasteiger partial charge in [0.15, 0.2) is 11.5 Å². The van der Waals surface area contributed by atoms with Gasteiger partial charge in [-0.2, -0.15) is 0 Å². The summed E-state index contributed by atoms with van der Waals surface area (Å²) in [6, 6.07) is 12.6. The predicted octanol–water partition coefficient (Wildman–Crippen LogP) is 5.25. The first-order valence-electron chi connectivity index (χ1n) is 12.7. The van der Waals surface area contributed by atoms with Crippen molar-refractivity contribution >= 4 is 17.8 Å². The molecule has 1 N–H and O–H groups in total. The molecular weight excluding hydrogens is 426 g/mol. The molecule has 0 bridgehead atoms. The van der Waals surface area contributed by atoms with E-state index in [0.717, 1.165) is 62.5 Å². The molecule has 2 amide bonds. The Hall–Kier alpha value is -2.99. The maximum Gasteiger partial charge on any atom is 0.321 e. The van der Waals surface area contributed by atoms with Crippen LogP contribution in [0.25, 0.3) is 6.08 Å². The smallest absolute Gasteiger partial charge is 0.321 e. The molecule has 178 valence electrons. The first kappa shape index (κ1) is 21.5. The van der Waals surface area contributed by atoms with E-state index in [0.29, 0.717) is 12.7 Å². The number of hydrogen-bond donors (Lipinski definition) is 1. The number of likely N-dealkylation sites (tertiary alicyclic amines) is 2. The van der Waals surface area contributed by atoms with Gasteiger partial charge in [-0.25, -0.2) is 4.79 Å². The summed E-state index contributed by atoms with van der Waals surface area (Å²) < 4.78 is 11.0. The third kappa shape index (κ3) is 4.51. The number of rotatable bonds is 4. The van der Waals surface area contributed by atoms with Gasteiger partial charge in [0.25, 0.3) is 0 Å². The van der Waals surface area contributed by atoms with Gasteiger partial charge in [0.2, 0.25) is 6.79 Å². The molecule has 0 saturated carbocycles. The quantitative estimate of drug-likeness (QED) is 0.678. The Kier molecular flexibility index (Phi) is 5.91. The molecule has 6 rings (SSSR count). The maximum absolute atomic E-state index is 12.9. The molecule has 4 aliphatic rings. The highest BCUT2D eigenvalue weighted by Gasteiger charge is 2.26. The van der Waals surface area contributed by atoms with E-state index >= 15 is 0 Å². The summed E-state index contributed by atoms with van der Waals surface area (Å²) >= 11 is 0. The van der Waals surface area contributed by atoms with Crippen molar-refractivity contribution in [2.45, 2.75) is 44.4 Å². The highest BCUT2D eigenvalue weighted by molar-refractivity contribution is 5.89. The molecule has 1 aliphatic carbocycles. The van der Waals surface area contributed by atoms with E-state index in [1.165, 1.54) is 48.2 Å². The van der Waals surface area contributed by atoms with Gasteiger partial charge in [0.1, 0.15) is 0 Å². The van der Waals surface area contributed by atoms with Gasteiger partial charge in [0, 0.05) is 25.3 Å². The molecule has 6 nitrogen and oxygen atoms in total. The van der Waals surface area contributed by atoms with Crippen LogP contribution in [0.3, 0.4) is 0 Å². The lowest BCUT2D eigenvalue weighted by Crippen LogP contribution is -2.40. The summed E-state index contributed by atoms with van der Waals surface area (Å²) in [5, 5.41) is 3.14. The lowest BCUT2D eigenvalue weighted by molar-refractivity contribution is 0.173. The number of amides is 2. The number of benzene rings is 2. The van der Waals surface area contributed by atoms with E-state index in [2.05, 4.69) is 40.6 Å². The third-order valence-corrected chi connectivity index (χ3v) is 7.74. The molecule has 2 fully saturated rings. The minimum atomic E-state index is 0.00478. The molecular formula is C28H33N3O3. The largest absolute Gasteiger partial charge is 0.454 e. The fourth-order valence-corrected chi connectivity index (χ4v) is 5.77. The Morgan fingerprint density at radius 2 is 1.76 bits per heavy atom. The molecule has 0 unspecified atom stereocenters.